The minimum Gasteiger partial charge on any atom is -0.366 e. The first-order valence-corrected chi connectivity index (χ1v) is 5.37. The molecule has 0 atom stereocenters. The first-order chi connectivity index (χ1) is 7.29. The van der Waals surface area contributed by atoms with E-state index in [0.29, 0.717) is 0 Å². The minimum absolute atomic E-state index is 1.06. The first kappa shape index (κ1) is 10.2. The van der Waals surface area contributed by atoms with Gasteiger partial charge in [-0.25, -0.2) is 4.98 Å². The van der Waals surface area contributed by atoms with Crippen molar-refractivity contribution in [3.63, 3.8) is 0 Å². The molecule has 1 aromatic rings. The molecule has 82 valence electrons. The Balaban J connectivity index is 2.25. The molecule has 1 N–H and O–H groups in total. The van der Waals surface area contributed by atoms with Gasteiger partial charge in [-0.3, -0.25) is 0 Å². The first-order valence-electron chi connectivity index (χ1n) is 5.37. The van der Waals surface area contributed by atoms with Gasteiger partial charge in [0.05, 0.1) is 5.69 Å². The Kier molecular flexibility index (Phi) is 3.06. The van der Waals surface area contributed by atoms with Crippen molar-refractivity contribution in [3.05, 3.63) is 18.3 Å². The highest BCUT2D eigenvalue weighted by atomic mass is 15.2. The van der Waals surface area contributed by atoms with Crippen LogP contribution in [-0.4, -0.2) is 45.3 Å². The van der Waals surface area contributed by atoms with Crippen LogP contribution in [0.15, 0.2) is 18.3 Å². The van der Waals surface area contributed by atoms with E-state index in [2.05, 4.69) is 26.2 Å². The molecule has 1 aromatic heterocycles. The van der Waals surface area contributed by atoms with Crippen molar-refractivity contribution in [2.45, 2.75) is 0 Å². The van der Waals surface area contributed by atoms with Crippen molar-refractivity contribution in [1.29, 1.82) is 0 Å². The number of nitrogens with zero attached hydrogens (tertiary/aromatic N) is 3. The van der Waals surface area contributed by atoms with Crippen LogP contribution in [-0.2, 0) is 0 Å². The number of hydrogen-bond acceptors (Lipinski definition) is 4. The maximum atomic E-state index is 4.42. The summed E-state index contributed by atoms with van der Waals surface area (Å²) in [6, 6.07) is 4.15. The van der Waals surface area contributed by atoms with Crippen molar-refractivity contribution >= 4 is 11.5 Å². The summed E-state index contributed by atoms with van der Waals surface area (Å²) < 4.78 is 0. The lowest BCUT2D eigenvalue weighted by molar-refractivity contribution is 0.588. The average Bonchev–Trinajstić information content (AvgIpc) is 2.30. The fraction of sp³-hybridized carbons (Fsp3) is 0.545. The molecular weight excluding hydrogens is 188 g/mol. The van der Waals surface area contributed by atoms with Gasteiger partial charge in [0.1, 0.15) is 0 Å². The topological polar surface area (TPSA) is 31.4 Å². The monoisotopic (exact) mass is 206 g/mol. The highest BCUT2D eigenvalue weighted by Crippen LogP contribution is 2.25. The van der Waals surface area contributed by atoms with Gasteiger partial charge < -0.3 is 15.1 Å². The molecule has 0 radical (unpaired) electrons. The molecule has 1 aliphatic heterocycles. The van der Waals surface area contributed by atoms with Crippen LogP contribution in [0.1, 0.15) is 0 Å². The lowest BCUT2D eigenvalue weighted by atomic mass is 10.3. The Morgan fingerprint density at radius 2 is 2.07 bits per heavy atom. The Bertz CT molecular complexity index is 318. The zero-order chi connectivity index (χ0) is 10.7. The molecule has 0 saturated carbocycles. The lowest BCUT2D eigenvalue weighted by Crippen LogP contribution is -2.44. The van der Waals surface area contributed by atoms with Gasteiger partial charge in [0.15, 0.2) is 5.82 Å². The summed E-state index contributed by atoms with van der Waals surface area (Å²) in [4.78, 5) is 8.87. The minimum atomic E-state index is 1.06. The van der Waals surface area contributed by atoms with Gasteiger partial charge in [-0.1, -0.05) is 0 Å². The predicted octanol–water partition coefficient (Wildman–Crippen LogP) is 0.557. The van der Waals surface area contributed by atoms with Crippen molar-refractivity contribution in [2.24, 2.45) is 0 Å². The predicted molar refractivity (Wildman–Crippen MR) is 63.6 cm³/mol. The van der Waals surface area contributed by atoms with Crippen LogP contribution in [0.3, 0.4) is 0 Å². The highest BCUT2D eigenvalue weighted by Gasteiger charge is 2.15. The molecule has 0 spiro atoms. The van der Waals surface area contributed by atoms with E-state index in [9.17, 15) is 0 Å². The van der Waals surface area contributed by atoms with E-state index in [1.54, 1.807) is 0 Å². The quantitative estimate of drug-likeness (QED) is 0.766. The number of hydrogen-bond donors (Lipinski definition) is 1. The van der Waals surface area contributed by atoms with Crippen molar-refractivity contribution in [3.8, 4) is 0 Å². The summed E-state index contributed by atoms with van der Waals surface area (Å²) in [5.74, 6) is 1.06. The van der Waals surface area contributed by atoms with Gasteiger partial charge in [-0.2, -0.15) is 0 Å². The fourth-order valence-corrected chi connectivity index (χ4v) is 1.89. The second-order valence-electron chi connectivity index (χ2n) is 3.98. The van der Waals surface area contributed by atoms with Crippen LogP contribution in [0.25, 0.3) is 0 Å². The van der Waals surface area contributed by atoms with E-state index in [-0.39, 0.29) is 0 Å². The summed E-state index contributed by atoms with van der Waals surface area (Å²) in [5, 5.41) is 3.36. The van der Waals surface area contributed by atoms with E-state index in [1.165, 1.54) is 5.69 Å². The number of aromatic nitrogens is 1. The number of rotatable bonds is 2. The summed E-state index contributed by atoms with van der Waals surface area (Å²) in [7, 11) is 4.07. The molecule has 1 saturated heterocycles. The molecule has 2 rings (SSSR count). The number of anilines is 2. The summed E-state index contributed by atoms with van der Waals surface area (Å²) in [6.45, 7) is 4.24. The molecule has 0 amide bonds. The number of nitrogens with one attached hydrogen (secondary N) is 1. The zero-order valence-corrected chi connectivity index (χ0v) is 9.40. The maximum absolute atomic E-state index is 4.42. The van der Waals surface area contributed by atoms with Crippen LogP contribution in [0.2, 0.25) is 0 Å². The molecule has 0 aliphatic carbocycles. The second kappa shape index (κ2) is 4.49. The smallest absolute Gasteiger partial charge is 0.151 e. The van der Waals surface area contributed by atoms with E-state index < -0.39 is 0 Å². The molecule has 1 fully saturated rings. The van der Waals surface area contributed by atoms with Gasteiger partial charge >= 0.3 is 0 Å². The summed E-state index contributed by atoms with van der Waals surface area (Å²) in [6.07, 6.45) is 1.85. The van der Waals surface area contributed by atoms with Crippen molar-refractivity contribution in [2.75, 3.05) is 50.1 Å². The standard InChI is InChI=1S/C11H18N4/c1-14(2)11-10(4-3-5-13-11)15-8-6-12-7-9-15/h3-5,12H,6-9H2,1-2H3. The molecule has 1 aliphatic rings. The molecule has 0 bridgehead atoms. The maximum Gasteiger partial charge on any atom is 0.151 e. The third-order valence-corrected chi connectivity index (χ3v) is 2.65. The third-order valence-electron chi connectivity index (χ3n) is 2.65. The second-order valence-corrected chi connectivity index (χ2v) is 3.98. The Morgan fingerprint density at radius 1 is 1.33 bits per heavy atom. The van der Waals surface area contributed by atoms with Gasteiger partial charge in [0.25, 0.3) is 0 Å². The number of piperazine rings is 1. The van der Waals surface area contributed by atoms with Gasteiger partial charge in [0, 0.05) is 46.5 Å². The normalized spacial score (nSPS) is 16.5. The largest absolute Gasteiger partial charge is 0.366 e. The van der Waals surface area contributed by atoms with Crippen molar-refractivity contribution in [1.82, 2.24) is 10.3 Å². The highest BCUT2D eigenvalue weighted by molar-refractivity contribution is 5.66. The third kappa shape index (κ3) is 2.21. The van der Waals surface area contributed by atoms with E-state index in [4.69, 9.17) is 0 Å². The van der Waals surface area contributed by atoms with Gasteiger partial charge in [-0.15, -0.1) is 0 Å². The van der Waals surface area contributed by atoms with E-state index in [1.807, 2.05) is 26.4 Å². The fourth-order valence-electron chi connectivity index (χ4n) is 1.89. The van der Waals surface area contributed by atoms with Gasteiger partial charge in [0.2, 0.25) is 0 Å². The van der Waals surface area contributed by atoms with Crippen LogP contribution in [0.4, 0.5) is 11.5 Å². The molecular formula is C11H18N4. The van der Waals surface area contributed by atoms with E-state index in [0.717, 1.165) is 32.0 Å². The Labute approximate surface area is 90.9 Å². The molecule has 4 heteroatoms. The summed E-state index contributed by atoms with van der Waals surface area (Å²) in [5.41, 5.74) is 1.24. The molecule has 0 aromatic carbocycles. The Morgan fingerprint density at radius 3 is 2.73 bits per heavy atom. The molecule has 15 heavy (non-hydrogen) atoms. The number of pyridine rings is 1. The lowest BCUT2D eigenvalue weighted by Gasteiger charge is -2.31. The van der Waals surface area contributed by atoms with Crippen LogP contribution < -0.4 is 15.1 Å². The van der Waals surface area contributed by atoms with Gasteiger partial charge in [-0.05, 0) is 12.1 Å². The van der Waals surface area contributed by atoms with Crippen LogP contribution in [0, 0.1) is 0 Å². The van der Waals surface area contributed by atoms with Crippen LogP contribution >= 0.6 is 0 Å². The average molecular weight is 206 g/mol. The summed E-state index contributed by atoms with van der Waals surface area (Å²) >= 11 is 0. The van der Waals surface area contributed by atoms with Crippen LogP contribution in [0.5, 0.6) is 0 Å². The molecule has 2 heterocycles. The van der Waals surface area contributed by atoms with E-state index >= 15 is 0 Å². The SMILES string of the molecule is CN(C)c1ncccc1N1CCNCC1. The Hall–Kier alpha value is -1.29. The molecule has 4 nitrogen and oxygen atoms in total. The zero-order valence-electron chi connectivity index (χ0n) is 9.40. The molecule has 0 unspecified atom stereocenters. The van der Waals surface area contributed by atoms with Crippen molar-refractivity contribution < 1.29 is 0 Å².